The number of anilines is 1. The van der Waals surface area contributed by atoms with Gasteiger partial charge in [0.1, 0.15) is 0 Å². The molecule has 4 heteroatoms. The molecule has 1 aliphatic rings. The monoisotopic (exact) mass is 275 g/mol. The molecular weight excluding hydrogens is 250 g/mol. The third-order valence-electron chi connectivity index (χ3n) is 3.77. The summed E-state index contributed by atoms with van der Waals surface area (Å²) in [5.41, 5.74) is 3.93. The number of benzene rings is 1. The van der Waals surface area contributed by atoms with Gasteiger partial charge in [0.25, 0.3) is 0 Å². The molecule has 0 radical (unpaired) electrons. The van der Waals surface area contributed by atoms with Gasteiger partial charge in [-0.25, -0.2) is 0 Å². The van der Waals surface area contributed by atoms with Crippen molar-refractivity contribution in [3.05, 3.63) is 29.3 Å². The van der Waals surface area contributed by atoms with Gasteiger partial charge in [-0.3, -0.25) is 4.79 Å². The lowest BCUT2D eigenvalue weighted by Gasteiger charge is -2.27. The van der Waals surface area contributed by atoms with E-state index in [1.165, 1.54) is 23.2 Å². The van der Waals surface area contributed by atoms with Crippen molar-refractivity contribution in [1.82, 2.24) is 10.2 Å². The van der Waals surface area contributed by atoms with Crippen LogP contribution in [0.1, 0.15) is 24.0 Å². The molecule has 0 spiro atoms. The molecule has 2 rings (SSSR count). The summed E-state index contributed by atoms with van der Waals surface area (Å²) in [7, 11) is 6.10. The summed E-state index contributed by atoms with van der Waals surface area (Å²) < 4.78 is 0. The van der Waals surface area contributed by atoms with Crippen molar-refractivity contribution < 1.29 is 4.79 Å². The summed E-state index contributed by atoms with van der Waals surface area (Å²) in [6, 6.07) is 6.53. The van der Waals surface area contributed by atoms with E-state index in [4.69, 9.17) is 0 Å². The Morgan fingerprint density at radius 3 is 2.95 bits per heavy atom. The molecule has 1 aliphatic heterocycles. The number of hydrogen-bond donors (Lipinski definition) is 1. The smallest absolute Gasteiger partial charge is 0.221 e. The van der Waals surface area contributed by atoms with E-state index >= 15 is 0 Å². The Kier molecular flexibility index (Phi) is 5.01. The van der Waals surface area contributed by atoms with Crippen LogP contribution in [0.3, 0.4) is 0 Å². The first kappa shape index (κ1) is 14.9. The summed E-state index contributed by atoms with van der Waals surface area (Å²) >= 11 is 0. The molecule has 0 aromatic heterocycles. The Morgan fingerprint density at radius 1 is 1.40 bits per heavy atom. The maximum atomic E-state index is 11.7. The van der Waals surface area contributed by atoms with Crippen molar-refractivity contribution in [2.45, 2.75) is 25.8 Å². The lowest BCUT2D eigenvalue weighted by atomic mass is 9.99. The van der Waals surface area contributed by atoms with Gasteiger partial charge in [-0.15, -0.1) is 0 Å². The predicted molar refractivity (Wildman–Crippen MR) is 83.1 cm³/mol. The summed E-state index contributed by atoms with van der Waals surface area (Å²) in [6.07, 6.45) is 2.91. The fourth-order valence-electron chi connectivity index (χ4n) is 2.56. The Bertz CT molecular complexity index is 471. The number of fused-ring (bicyclic) bond motifs is 1. The molecule has 20 heavy (non-hydrogen) atoms. The molecule has 0 saturated heterocycles. The highest BCUT2D eigenvalue weighted by Crippen LogP contribution is 2.26. The average Bonchev–Trinajstić information content (AvgIpc) is 2.43. The Labute approximate surface area is 121 Å². The second kappa shape index (κ2) is 6.75. The largest absolute Gasteiger partial charge is 0.374 e. The molecule has 1 amide bonds. The van der Waals surface area contributed by atoms with E-state index in [9.17, 15) is 4.79 Å². The highest BCUT2D eigenvalue weighted by atomic mass is 16.1. The van der Waals surface area contributed by atoms with Gasteiger partial charge >= 0.3 is 0 Å². The lowest BCUT2D eigenvalue weighted by molar-refractivity contribution is -0.121. The number of aryl methyl sites for hydroxylation is 1. The standard InChI is InChI=1S/C16H25N3O/c1-18(2)10-8-16(20)17-12-13-6-7-15-14(11-13)5-4-9-19(15)3/h6-7,11H,4-5,8-10,12H2,1-3H3,(H,17,20). The van der Waals surface area contributed by atoms with Crippen LogP contribution in [0, 0.1) is 0 Å². The van der Waals surface area contributed by atoms with Gasteiger partial charge < -0.3 is 15.1 Å². The molecule has 110 valence electrons. The lowest BCUT2D eigenvalue weighted by Crippen LogP contribution is -2.27. The van der Waals surface area contributed by atoms with Gasteiger partial charge in [0.2, 0.25) is 5.91 Å². The van der Waals surface area contributed by atoms with Gasteiger partial charge in [-0.2, -0.15) is 0 Å². The van der Waals surface area contributed by atoms with Gasteiger partial charge in [0.15, 0.2) is 0 Å². The number of rotatable bonds is 5. The van der Waals surface area contributed by atoms with E-state index in [1.807, 2.05) is 19.0 Å². The second-order valence-electron chi connectivity index (χ2n) is 5.82. The summed E-state index contributed by atoms with van der Waals surface area (Å²) in [5, 5.41) is 2.99. The van der Waals surface area contributed by atoms with E-state index in [0.717, 1.165) is 19.5 Å². The third kappa shape index (κ3) is 3.97. The minimum atomic E-state index is 0.119. The molecule has 0 aliphatic carbocycles. The Balaban J connectivity index is 1.89. The number of nitrogens with one attached hydrogen (secondary N) is 1. The van der Waals surface area contributed by atoms with E-state index in [1.54, 1.807) is 0 Å². The third-order valence-corrected chi connectivity index (χ3v) is 3.77. The number of hydrogen-bond acceptors (Lipinski definition) is 3. The zero-order valence-electron chi connectivity index (χ0n) is 12.8. The molecular formula is C16H25N3O. The van der Waals surface area contributed by atoms with E-state index < -0.39 is 0 Å². The van der Waals surface area contributed by atoms with Crippen molar-refractivity contribution in [2.24, 2.45) is 0 Å². The highest BCUT2D eigenvalue weighted by Gasteiger charge is 2.13. The van der Waals surface area contributed by atoms with Crippen molar-refractivity contribution in [3.63, 3.8) is 0 Å². The van der Waals surface area contributed by atoms with Crippen LogP contribution in [-0.4, -0.2) is 45.0 Å². The van der Waals surface area contributed by atoms with Crippen molar-refractivity contribution in [1.29, 1.82) is 0 Å². The number of carbonyl (C=O) groups excluding carboxylic acids is 1. The molecule has 1 heterocycles. The van der Waals surface area contributed by atoms with Crippen molar-refractivity contribution >= 4 is 11.6 Å². The van der Waals surface area contributed by atoms with E-state index in [-0.39, 0.29) is 5.91 Å². The minimum absolute atomic E-state index is 0.119. The van der Waals surface area contributed by atoms with Crippen LogP contribution in [0.25, 0.3) is 0 Å². The molecule has 0 unspecified atom stereocenters. The average molecular weight is 275 g/mol. The molecule has 1 aromatic rings. The second-order valence-corrected chi connectivity index (χ2v) is 5.82. The molecule has 4 nitrogen and oxygen atoms in total. The maximum absolute atomic E-state index is 11.7. The predicted octanol–water partition coefficient (Wildman–Crippen LogP) is 1.64. The van der Waals surface area contributed by atoms with Crippen LogP contribution in [0.4, 0.5) is 5.69 Å². The van der Waals surface area contributed by atoms with Gasteiger partial charge in [-0.1, -0.05) is 12.1 Å². The number of amides is 1. The van der Waals surface area contributed by atoms with Crippen LogP contribution < -0.4 is 10.2 Å². The first-order valence-electron chi connectivity index (χ1n) is 7.30. The summed E-state index contributed by atoms with van der Waals surface area (Å²) in [5.74, 6) is 0.119. The number of carbonyl (C=O) groups is 1. The quantitative estimate of drug-likeness (QED) is 0.887. The van der Waals surface area contributed by atoms with Gasteiger partial charge in [0, 0.05) is 38.8 Å². The Morgan fingerprint density at radius 2 is 2.20 bits per heavy atom. The maximum Gasteiger partial charge on any atom is 0.221 e. The van der Waals surface area contributed by atoms with Crippen LogP contribution in [-0.2, 0) is 17.8 Å². The molecule has 0 saturated carbocycles. The van der Waals surface area contributed by atoms with Gasteiger partial charge in [-0.05, 0) is 44.1 Å². The first-order valence-corrected chi connectivity index (χ1v) is 7.30. The van der Waals surface area contributed by atoms with E-state index in [2.05, 4.69) is 35.5 Å². The number of nitrogens with zero attached hydrogens (tertiary/aromatic N) is 2. The zero-order chi connectivity index (χ0) is 14.5. The van der Waals surface area contributed by atoms with Crippen molar-refractivity contribution in [2.75, 3.05) is 39.1 Å². The fraction of sp³-hybridized carbons (Fsp3) is 0.562. The molecule has 0 fully saturated rings. The van der Waals surface area contributed by atoms with Crippen molar-refractivity contribution in [3.8, 4) is 0 Å². The normalized spacial score (nSPS) is 14.3. The topological polar surface area (TPSA) is 35.6 Å². The molecule has 1 aromatic carbocycles. The fourth-order valence-corrected chi connectivity index (χ4v) is 2.56. The minimum Gasteiger partial charge on any atom is -0.374 e. The SMILES string of the molecule is CN(C)CCC(=O)NCc1ccc2c(c1)CCCN2C. The molecule has 1 N–H and O–H groups in total. The van der Waals surface area contributed by atoms with Crippen LogP contribution >= 0.6 is 0 Å². The highest BCUT2D eigenvalue weighted by molar-refractivity contribution is 5.76. The molecule has 0 bridgehead atoms. The van der Waals surface area contributed by atoms with Crippen LogP contribution in [0.15, 0.2) is 18.2 Å². The Hall–Kier alpha value is -1.55. The summed E-state index contributed by atoms with van der Waals surface area (Å²) in [4.78, 5) is 16.0. The van der Waals surface area contributed by atoms with E-state index in [0.29, 0.717) is 13.0 Å². The molecule has 0 atom stereocenters. The van der Waals surface area contributed by atoms with Crippen LogP contribution in [0.5, 0.6) is 0 Å². The van der Waals surface area contributed by atoms with Crippen LogP contribution in [0.2, 0.25) is 0 Å². The first-order chi connectivity index (χ1) is 9.56. The zero-order valence-corrected chi connectivity index (χ0v) is 12.8. The van der Waals surface area contributed by atoms with Gasteiger partial charge in [0.05, 0.1) is 0 Å². The summed E-state index contributed by atoms with van der Waals surface area (Å²) in [6.45, 7) is 2.55.